The number of hydrogen-bond donors (Lipinski definition) is 0. The number of halogens is 1. The Labute approximate surface area is 161 Å². The van der Waals surface area contributed by atoms with Crippen molar-refractivity contribution in [1.82, 2.24) is 4.90 Å². The first-order valence-corrected chi connectivity index (χ1v) is 10.8. The molecule has 5 rings (SSSR count). The van der Waals surface area contributed by atoms with Crippen LogP contribution in [0, 0.1) is 11.8 Å². The van der Waals surface area contributed by atoms with Crippen LogP contribution >= 0.6 is 11.6 Å². The summed E-state index contributed by atoms with van der Waals surface area (Å²) in [5.41, 5.74) is 4.00. The number of oxime groups is 1. The molecule has 3 fully saturated rings. The summed E-state index contributed by atoms with van der Waals surface area (Å²) in [5, 5.41) is 5.29. The van der Waals surface area contributed by atoms with E-state index in [0.717, 1.165) is 35.0 Å². The molecule has 1 heterocycles. The molecule has 3 aliphatic carbocycles. The zero-order valence-electron chi connectivity index (χ0n) is 15.7. The lowest BCUT2D eigenvalue weighted by atomic mass is 9.73. The zero-order chi connectivity index (χ0) is 17.7. The number of benzene rings is 1. The van der Waals surface area contributed by atoms with E-state index in [1.807, 2.05) is 13.0 Å². The van der Waals surface area contributed by atoms with E-state index in [-0.39, 0.29) is 5.41 Å². The van der Waals surface area contributed by atoms with Crippen molar-refractivity contribution in [3.8, 4) is 0 Å². The molecule has 4 heteroatoms. The fourth-order valence-corrected chi connectivity index (χ4v) is 6.50. The summed E-state index contributed by atoms with van der Waals surface area (Å²) in [5.74, 6) is 2.01. The Balaban J connectivity index is 1.38. The highest BCUT2D eigenvalue weighted by Gasteiger charge is 2.48. The van der Waals surface area contributed by atoms with Crippen molar-refractivity contribution in [2.45, 2.75) is 63.3 Å². The first-order valence-electron chi connectivity index (χ1n) is 10.4. The van der Waals surface area contributed by atoms with Gasteiger partial charge in [0, 0.05) is 28.5 Å². The van der Waals surface area contributed by atoms with Crippen molar-refractivity contribution < 1.29 is 4.84 Å². The summed E-state index contributed by atoms with van der Waals surface area (Å²) in [4.78, 5) is 8.24. The number of hydrogen-bond acceptors (Lipinski definition) is 3. The summed E-state index contributed by atoms with van der Waals surface area (Å²) in [7, 11) is 0. The van der Waals surface area contributed by atoms with Crippen LogP contribution in [0.4, 0.5) is 0 Å². The fourth-order valence-electron chi connectivity index (χ4n) is 6.33. The van der Waals surface area contributed by atoms with Crippen LogP contribution in [0.2, 0.25) is 5.02 Å². The van der Waals surface area contributed by atoms with Crippen LogP contribution in [0.1, 0.15) is 63.0 Å². The topological polar surface area (TPSA) is 24.8 Å². The highest BCUT2D eigenvalue weighted by Crippen LogP contribution is 2.51. The molecule has 26 heavy (non-hydrogen) atoms. The highest BCUT2D eigenvalue weighted by atomic mass is 35.5. The van der Waals surface area contributed by atoms with Crippen molar-refractivity contribution >= 4 is 17.3 Å². The maximum absolute atomic E-state index is 6.37. The van der Waals surface area contributed by atoms with Gasteiger partial charge in [-0.1, -0.05) is 29.2 Å². The molecule has 0 unspecified atom stereocenters. The predicted molar refractivity (Wildman–Crippen MR) is 106 cm³/mol. The smallest absolute Gasteiger partial charge is 0.114 e. The van der Waals surface area contributed by atoms with Gasteiger partial charge < -0.3 is 9.74 Å². The van der Waals surface area contributed by atoms with Crippen molar-refractivity contribution in [3.63, 3.8) is 0 Å². The Morgan fingerprint density at radius 2 is 2.08 bits per heavy atom. The minimum absolute atomic E-state index is 0.213. The van der Waals surface area contributed by atoms with Gasteiger partial charge in [-0.15, -0.1) is 0 Å². The summed E-state index contributed by atoms with van der Waals surface area (Å²) >= 11 is 6.37. The maximum atomic E-state index is 6.37. The van der Waals surface area contributed by atoms with Gasteiger partial charge in [-0.2, -0.15) is 0 Å². The van der Waals surface area contributed by atoms with Crippen LogP contribution in [-0.4, -0.2) is 36.3 Å². The van der Waals surface area contributed by atoms with Crippen molar-refractivity contribution in [3.05, 3.63) is 34.3 Å². The molecule has 1 spiro atoms. The minimum Gasteiger partial charge on any atom is -0.396 e. The molecule has 140 valence electrons. The van der Waals surface area contributed by atoms with Crippen LogP contribution in [0.15, 0.2) is 23.4 Å². The van der Waals surface area contributed by atoms with E-state index in [9.17, 15) is 0 Å². The third-order valence-electron chi connectivity index (χ3n) is 7.60. The van der Waals surface area contributed by atoms with Crippen molar-refractivity contribution in [2.24, 2.45) is 17.0 Å². The first kappa shape index (κ1) is 17.1. The Bertz CT molecular complexity index is 723. The lowest BCUT2D eigenvalue weighted by Gasteiger charge is -2.44. The summed E-state index contributed by atoms with van der Waals surface area (Å²) in [6, 6.07) is 7.19. The van der Waals surface area contributed by atoms with Gasteiger partial charge in [0.2, 0.25) is 0 Å². The lowest BCUT2D eigenvalue weighted by molar-refractivity contribution is 0.0861. The van der Waals surface area contributed by atoms with Gasteiger partial charge in [-0.05, 0) is 81.6 Å². The molecule has 1 saturated heterocycles. The van der Waals surface area contributed by atoms with Gasteiger partial charge in [0.05, 0.1) is 5.71 Å². The third kappa shape index (κ3) is 2.70. The van der Waals surface area contributed by atoms with E-state index in [2.05, 4.69) is 22.2 Å². The van der Waals surface area contributed by atoms with Gasteiger partial charge >= 0.3 is 0 Å². The van der Waals surface area contributed by atoms with Crippen LogP contribution in [0.5, 0.6) is 0 Å². The molecule has 1 aromatic carbocycles. The minimum atomic E-state index is 0.213. The van der Waals surface area contributed by atoms with Gasteiger partial charge in [-0.25, -0.2) is 0 Å². The van der Waals surface area contributed by atoms with E-state index in [1.165, 1.54) is 62.7 Å². The van der Waals surface area contributed by atoms with Crippen LogP contribution in [0.25, 0.3) is 0 Å². The van der Waals surface area contributed by atoms with Crippen LogP contribution in [-0.2, 0) is 10.3 Å². The SMILES string of the molecule is CCO/N=C1\CC2(CCN([C@@H]3C[C@H]4CC[C@@H]3C4)CC2)c2cc(Cl)ccc21. The second kappa shape index (κ2) is 6.53. The van der Waals surface area contributed by atoms with Crippen molar-refractivity contribution in [1.29, 1.82) is 0 Å². The van der Waals surface area contributed by atoms with E-state index in [4.69, 9.17) is 16.4 Å². The molecule has 2 bridgehead atoms. The van der Waals surface area contributed by atoms with E-state index >= 15 is 0 Å². The Kier molecular flexibility index (Phi) is 4.28. The van der Waals surface area contributed by atoms with Gasteiger partial charge in [0.1, 0.15) is 6.61 Å². The fraction of sp³-hybridized carbons (Fsp3) is 0.682. The highest BCUT2D eigenvalue weighted by molar-refractivity contribution is 6.31. The maximum Gasteiger partial charge on any atom is 0.114 e. The van der Waals surface area contributed by atoms with Crippen LogP contribution < -0.4 is 0 Å². The first-order chi connectivity index (χ1) is 12.7. The summed E-state index contributed by atoms with van der Waals surface area (Å²) in [6.07, 6.45) is 9.36. The summed E-state index contributed by atoms with van der Waals surface area (Å²) < 4.78 is 0. The normalized spacial score (nSPS) is 33.9. The molecule has 0 aromatic heterocycles. The Morgan fingerprint density at radius 1 is 1.23 bits per heavy atom. The molecule has 3 atom stereocenters. The predicted octanol–water partition coefficient (Wildman–Crippen LogP) is 5.01. The molecule has 1 aliphatic heterocycles. The number of likely N-dealkylation sites (tertiary alicyclic amines) is 1. The third-order valence-corrected chi connectivity index (χ3v) is 7.83. The molecular weight excluding hydrogens is 344 g/mol. The van der Waals surface area contributed by atoms with Crippen molar-refractivity contribution in [2.75, 3.05) is 19.7 Å². The monoisotopic (exact) mass is 372 g/mol. The summed E-state index contributed by atoms with van der Waals surface area (Å²) in [6.45, 7) is 5.06. The van der Waals surface area contributed by atoms with E-state index in [1.54, 1.807) is 0 Å². The standard InChI is InChI=1S/C22H29ClN2O/c1-2-26-24-20-14-22(19-13-17(23)5-6-18(19)20)7-9-25(10-8-22)21-12-15-3-4-16(21)11-15/h5-6,13,15-16,21H,2-4,7-12,14H2,1H3/b24-20+/t15-,16+,21+/m0/s1. The second-order valence-corrected chi connectivity index (χ2v) is 9.32. The zero-order valence-corrected chi connectivity index (χ0v) is 16.5. The largest absolute Gasteiger partial charge is 0.396 e. The second-order valence-electron chi connectivity index (χ2n) is 8.88. The molecule has 1 aromatic rings. The molecule has 0 N–H and O–H groups in total. The molecule has 3 nitrogen and oxygen atoms in total. The van der Waals surface area contributed by atoms with Gasteiger partial charge in [-0.3, -0.25) is 0 Å². The number of rotatable bonds is 3. The number of piperidine rings is 1. The molecule has 4 aliphatic rings. The Hall–Kier alpha value is -1.06. The number of fused-ring (bicyclic) bond motifs is 4. The van der Waals surface area contributed by atoms with Gasteiger partial charge in [0.15, 0.2) is 0 Å². The molecule has 0 radical (unpaired) electrons. The number of nitrogens with zero attached hydrogens (tertiary/aromatic N) is 2. The lowest BCUT2D eigenvalue weighted by Crippen LogP contribution is -2.48. The van der Waals surface area contributed by atoms with E-state index < -0.39 is 0 Å². The quantitative estimate of drug-likeness (QED) is 0.697. The van der Waals surface area contributed by atoms with E-state index in [0.29, 0.717) is 6.61 Å². The van der Waals surface area contributed by atoms with Gasteiger partial charge in [0.25, 0.3) is 0 Å². The molecule has 2 saturated carbocycles. The molecule has 0 amide bonds. The molecular formula is C22H29ClN2O. The van der Waals surface area contributed by atoms with Crippen LogP contribution in [0.3, 0.4) is 0 Å². The Morgan fingerprint density at radius 3 is 2.77 bits per heavy atom. The average molecular weight is 373 g/mol. The average Bonchev–Trinajstić information content (AvgIpc) is 3.35.